The van der Waals surface area contributed by atoms with Gasteiger partial charge in [-0.05, 0) is 77.3 Å². The smallest absolute Gasteiger partial charge is 0.350 e. The van der Waals surface area contributed by atoms with Crippen molar-refractivity contribution in [2.75, 3.05) is 13.6 Å². The molecule has 0 bridgehead atoms. The number of oxazole rings is 1. The number of aromatic nitrogens is 1. The number of ether oxygens (including phenoxy) is 2. The number of aryl methyl sites for hydroxylation is 1. The molecular weight excluding hydrogens is 506 g/mol. The first kappa shape index (κ1) is 30.6. The molecule has 0 atom stereocenters. The summed E-state index contributed by atoms with van der Waals surface area (Å²) in [6, 6.07) is 15.5. The Morgan fingerprint density at radius 2 is 1.77 bits per heavy atom. The fourth-order valence-corrected chi connectivity index (χ4v) is 4.06. The van der Waals surface area contributed by atoms with Gasteiger partial charge in [0.1, 0.15) is 17.1 Å². The Balaban J connectivity index is 1.84. The van der Waals surface area contributed by atoms with E-state index in [-0.39, 0.29) is 12.5 Å². The number of benzene rings is 2. The minimum absolute atomic E-state index is 0.102. The van der Waals surface area contributed by atoms with Gasteiger partial charge in [-0.1, -0.05) is 36.4 Å². The van der Waals surface area contributed by atoms with E-state index < -0.39 is 17.2 Å². The molecular formula is C32H41N3O5. The number of carbonyl (C=O) groups is 2. The third kappa shape index (κ3) is 8.55. The quantitative estimate of drug-likeness (QED) is 0.232. The summed E-state index contributed by atoms with van der Waals surface area (Å²) in [5.74, 6) is 1.30. The molecule has 40 heavy (non-hydrogen) atoms. The monoisotopic (exact) mass is 547 g/mol. The zero-order valence-corrected chi connectivity index (χ0v) is 24.7. The zero-order valence-electron chi connectivity index (χ0n) is 24.7. The van der Waals surface area contributed by atoms with E-state index in [4.69, 9.17) is 18.9 Å². The van der Waals surface area contributed by atoms with Crippen LogP contribution in [0.25, 0.3) is 11.5 Å². The summed E-state index contributed by atoms with van der Waals surface area (Å²) in [4.78, 5) is 31.9. The van der Waals surface area contributed by atoms with Crippen LogP contribution in [-0.4, -0.2) is 46.6 Å². The van der Waals surface area contributed by atoms with Crippen LogP contribution in [0.3, 0.4) is 0 Å². The minimum Gasteiger partial charge on any atom is -0.476 e. The van der Waals surface area contributed by atoms with E-state index >= 15 is 0 Å². The summed E-state index contributed by atoms with van der Waals surface area (Å²) in [5, 5.41) is 2.70. The van der Waals surface area contributed by atoms with Crippen molar-refractivity contribution in [3.05, 3.63) is 83.8 Å². The molecule has 3 aromatic rings. The number of hydrogen-bond donors (Lipinski definition) is 1. The van der Waals surface area contributed by atoms with Gasteiger partial charge in [-0.25, -0.2) is 9.78 Å². The van der Waals surface area contributed by atoms with Crippen LogP contribution < -0.4 is 10.1 Å². The van der Waals surface area contributed by atoms with Crippen molar-refractivity contribution >= 4 is 11.9 Å². The van der Waals surface area contributed by atoms with Gasteiger partial charge in [0.15, 0.2) is 5.60 Å². The van der Waals surface area contributed by atoms with Crippen LogP contribution in [-0.2, 0) is 33.8 Å². The SMILES string of the molecule is C=CCc1cc(CN(CC(=O)NC)Cc2nc(-c3ccccc3)oc2C)ccc1OC(C)(C)C(=O)OC(C)(C)C. The van der Waals surface area contributed by atoms with Gasteiger partial charge in [0.25, 0.3) is 0 Å². The predicted octanol–water partition coefficient (Wildman–Crippen LogP) is 5.63. The fraction of sp³-hybridized carbons (Fsp3) is 0.406. The topological polar surface area (TPSA) is 93.9 Å². The van der Waals surface area contributed by atoms with Gasteiger partial charge < -0.3 is 19.2 Å². The number of amides is 1. The maximum Gasteiger partial charge on any atom is 0.350 e. The molecule has 3 rings (SSSR count). The van der Waals surface area contributed by atoms with Gasteiger partial charge in [-0.3, -0.25) is 9.69 Å². The molecule has 2 aromatic carbocycles. The highest BCUT2D eigenvalue weighted by Gasteiger charge is 2.35. The van der Waals surface area contributed by atoms with Crippen molar-refractivity contribution in [2.45, 2.75) is 72.3 Å². The van der Waals surface area contributed by atoms with Gasteiger partial charge in [0.05, 0.1) is 12.2 Å². The van der Waals surface area contributed by atoms with Gasteiger partial charge in [-0.15, -0.1) is 6.58 Å². The summed E-state index contributed by atoms with van der Waals surface area (Å²) in [6.07, 6.45) is 2.34. The number of carbonyl (C=O) groups excluding carboxylic acids is 2. The van der Waals surface area contributed by atoms with Crippen molar-refractivity contribution in [2.24, 2.45) is 0 Å². The first-order valence-electron chi connectivity index (χ1n) is 13.4. The second-order valence-corrected chi connectivity index (χ2v) is 11.3. The van der Waals surface area contributed by atoms with E-state index in [0.29, 0.717) is 36.9 Å². The summed E-state index contributed by atoms with van der Waals surface area (Å²) < 4.78 is 17.7. The van der Waals surface area contributed by atoms with Crippen molar-refractivity contribution < 1.29 is 23.5 Å². The molecule has 0 saturated carbocycles. The van der Waals surface area contributed by atoms with Crippen LogP contribution in [0.15, 0.2) is 65.6 Å². The molecule has 1 aromatic heterocycles. The molecule has 0 aliphatic heterocycles. The molecule has 1 N–H and O–H groups in total. The summed E-state index contributed by atoms with van der Waals surface area (Å²) in [6.45, 7) is 15.7. The standard InChI is InChI=1S/C32H41N3O5/c1-9-13-25-18-23(16-17-27(25)39-32(6,7)30(37)40-31(3,4)5)19-35(21-28(36)33-8)20-26-22(2)38-29(34-26)24-14-11-10-12-15-24/h9-12,14-18H,1,13,19-21H2,2-8H3,(H,33,36). The third-order valence-corrected chi connectivity index (χ3v) is 6.08. The molecule has 0 unspecified atom stereocenters. The van der Waals surface area contributed by atoms with Gasteiger partial charge in [-0.2, -0.15) is 0 Å². The molecule has 8 nitrogen and oxygen atoms in total. The lowest BCUT2D eigenvalue weighted by molar-refractivity contribution is -0.171. The van der Waals surface area contributed by atoms with Crippen molar-refractivity contribution in [1.29, 1.82) is 0 Å². The van der Waals surface area contributed by atoms with Crippen LogP contribution in [0.5, 0.6) is 5.75 Å². The van der Waals surface area contributed by atoms with Crippen molar-refractivity contribution in [1.82, 2.24) is 15.2 Å². The molecule has 0 aliphatic carbocycles. The number of allylic oxidation sites excluding steroid dienone is 1. The van der Waals surface area contributed by atoms with Gasteiger partial charge in [0.2, 0.25) is 11.8 Å². The second-order valence-electron chi connectivity index (χ2n) is 11.3. The normalized spacial score (nSPS) is 11.8. The lowest BCUT2D eigenvalue weighted by Gasteiger charge is -2.30. The fourth-order valence-electron chi connectivity index (χ4n) is 4.06. The van der Waals surface area contributed by atoms with Crippen LogP contribution in [0, 0.1) is 6.92 Å². The molecule has 1 heterocycles. The molecule has 0 fully saturated rings. The van der Waals surface area contributed by atoms with Gasteiger partial charge in [0, 0.05) is 25.7 Å². The first-order valence-corrected chi connectivity index (χ1v) is 13.4. The van der Waals surface area contributed by atoms with E-state index in [0.717, 1.165) is 22.4 Å². The van der Waals surface area contributed by atoms with E-state index in [1.165, 1.54) is 0 Å². The first-order chi connectivity index (χ1) is 18.8. The van der Waals surface area contributed by atoms with Crippen molar-refractivity contribution in [3.8, 4) is 17.2 Å². The largest absolute Gasteiger partial charge is 0.476 e. The van der Waals surface area contributed by atoms with E-state index in [1.807, 2.05) is 81.1 Å². The van der Waals surface area contributed by atoms with Crippen molar-refractivity contribution in [3.63, 3.8) is 0 Å². The molecule has 0 saturated heterocycles. The third-order valence-electron chi connectivity index (χ3n) is 6.08. The Labute approximate surface area is 237 Å². The summed E-state index contributed by atoms with van der Waals surface area (Å²) in [5.41, 5.74) is 1.73. The maximum atomic E-state index is 12.8. The average Bonchev–Trinajstić information content (AvgIpc) is 3.25. The molecule has 8 heteroatoms. The Morgan fingerprint density at radius 1 is 1.07 bits per heavy atom. The maximum absolute atomic E-state index is 12.8. The zero-order chi connectivity index (χ0) is 29.5. The minimum atomic E-state index is -1.18. The number of esters is 1. The molecule has 0 spiro atoms. The van der Waals surface area contributed by atoms with Gasteiger partial charge >= 0.3 is 5.97 Å². The Morgan fingerprint density at radius 3 is 2.40 bits per heavy atom. The molecule has 0 radical (unpaired) electrons. The molecule has 0 aliphatic rings. The van der Waals surface area contributed by atoms with Crippen LogP contribution in [0.4, 0.5) is 0 Å². The Hall–Kier alpha value is -3.91. The highest BCUT2D eigenvalue weighted by atomic mass is 16.6. The van der Waals surface area contributed by atoms with Crippen LogP contribution in [0.1, 0.15) is 57.2 Å². The summed E-state index contributed by atoms with van der Waals surface area (Å²) in [7, 11) is 1.62. The summed E-state index contributed by atoms with van der Waals surface area (Å²) >= 11 is 0. The second kappa shape index (κ2) is 13.0. The van der Waals surface area contributed by atoms with E-state index in [2.05, 4.69) is 11.9 Å². The predicted molar refractivity (Wildman–Crippen MR) is 156 cm³/mol. The lowest BCUT2D eigenvalue weighted by atomic mass is 10.0. The lowest BCUT2D eigenvalue weighted by Crippen LogP contribution is -2.43. The number of likely N-dealkylation sites (N-methyl/N-ethyl adjacent to an activating group) is 1. The highest BCUT2D eigenvalue weighted by molar-refractivity contribution is 5.79. The molecule has 214 valence electrons. The van der Waals surface area contributed by atoms with E-state index in [9.17, 15) is 9.59 Å². The Bertz CT molecular complexity index is 1320. The highest BCUT2D eigenvalue weighted by Crippen LogP contribution is 2.28. The van der Waals surface area contributed by atoms with Crippen LogP contribution >= 0.6 is 0 Å². The number of hydrogen-bond acceptors (Lipinski definition) is 7. The molecule has 1 amide bonds. The van der Waals surface area contributed by atoms with E-state index in [1.54, 1.807) is 27.0 Å². The number of rotatable bonds is 12. The number of nitrogens with zero attached hydrogens (tertiary/aromatic N) is 2. The Kier molecular flexibility index (Phi) is 9.93. The number of nitrogens with one attached hydrogen (secondary N) is 1. The van der Waals surface area contributed by atoms with Crippen LogP contribution in [0.2, 0.25) is 0 Å². The average molecular weight is 548 g/mol.